The number of nitrogens with zero attached hydrogens (tertiary/aromatic N) is 3. The highest BCUT2D eigenvalue weighted by molar-refractivity contribution is 4.84. The monoisotopic (exact) mass is 225 g/mol. The molecule has 0 aromatic heterocycles. The third-order valence-electron chi connectivity index (χ3n) is 4.53. The van der Waals surface area contributed by atoms with E-state index >= 15 is 0 Å². The molecule has 0 amide bonds. The van der Waals surface area contributed by atoms with Gasteiger partial charge in [-0.2, -0.15) is 0 Å². The highest BCUT2D eigenvalue weighted by Gasteiger charge is 2.27. The molecule has 3 nitrogen and oxygen atoms in total. The average molecular weight is 225 g/mol. The Bertz CT molecular complexity index is 181. The summed E-state index contributed by atoms with van der Waals surface area (Å²) in [5.41, 5.74) is 0. The van der Waals surface area contributed by atoms with Crippen LogP contribution in [0.3, 0.4) is 0 Å². The van der Waals surface area contributed by atoms with Gasteiger partial charge in [-0.3, -0.25) is 0 Å². The third-order valence-corrected chi connectivity index (χ3v) is 4.53. The molecular formula is C13H27N3. The van der Waals surface area contributed by atoms with E-state index in [9.17, 15) is 0 Å². The number of hydrogen-bond acceptors (Lipinski definition) is 3. The van der Waals surface area contributed by atoms with Crippen molar-refractivity contribution in [1.82, 2.24) is 14.7 Å². The Morgan fingerprint density at radius 2 is 1.06 bits per heavy atom. The van der Waals surface area contributed by atoms with E-state index in [0.717, 1.165) is 12.1 Å². The smallest absolute Gasteiger partial charge is 0.0119 e. The molecule has 2 saturated heterocycles. The zero-order valence-corrected chi connectivity index (χ0v) is 11.2. The number of rotatable bonds is 2. The zero-order valence-electron chi connectivity index (χ0n) is 11.2. The van der Waals surface area contributed by atoms with Gasteiger partial charge in [0, 0.05) is 12.1 Å². The molecule has 0 unspecified atom stereocenters. The van der Waals surface area contributed by atoms with Gasteiger partial charge in [0.05, 0.1) is 0 Å². The molecule has 0 aromatic rings. The molecule has 0 bridgehead atoms. The fourth-order valence-corrected chi connectivity index (χ4v) is 3.10. The molecule has 0 aliphatic carbocycles. The van der Waals surface area contributed by atoms with E-state index in [-0.39, 0.29) is 0 Å². The first-order valence-electron chi connectivity index (χ1n) is 6.76. The van der Waals surface area contributed by atoms with Gasteiger partial charge in [-0.15, -0.1) is 0 Å². The maximum atomic E-state index is 2.68. The molecule has 2 heterocycles. The molecule has 0 N–H and O–H groups in total. The molecule has 2 fully saturated rings. The van der Waals surface area contributed by atoms with Gasteiger partial charge < -0.3 is 14.7 Å². The Kier molecular flexibility index (Phi) is 4.22. The number of likely N-dealkylation sites (tertiary alicyclic amines) is 2. The van der Waals surface area contributed by atoms with Crippen LogP contribution in [0.2, 0.25) is 0 Å². The molecule has 16 heavy (non-hydrogen) atoms. The predicted octanol–water partition coefficient (Wildman–Crippen LogP) is 1.11. The van der Waals surface area contributed by atoms with E-state index in [4.69, 9.17) is 0 Å². The Hall–Kier alpha value is -0.120. The van der Waals surface area contributed by atoms with Gasteiger partial charge in [0.25, 0.3) is 0 Å². The summed E-state index contributed by atoms with van der Waals surface area (Å²) in [6.45, 7) is 5.12. The molecule has 0 radical (unpaired) electrons. The van der Waals surface area contributed by atoms with Crippen molar-refractivity contribution in [3.8, 4) is 0 Å². The second kappa shape index (κ2) is 5.48. The fraction of sp³-hybridized carbons (Fsp3) is 1.00. The Morgan fingerprint density at radius 3 is 1.38 bits per heavy atom. The first-order chi connectivity index (χ1) is 7.66. The maximum Gasteiger partial charge on any atom is 0.0119 e. The second-order valence-electron chi connectivity index (χ2n) is 5.73. The Balaban J connectivity index is 1.80. The third kappa shape index (κ3) is 2.96. The van der Waals surface area contributed by atoms with Gasteiger partial charge in [-0.25, -0.2) is 0 Å². The first kappa shape index (κ1) is 12.3. The van der Waals surface area contributed by atoms with Crippen LogP contribution in [0.5, 0.6) is 0 Å². The molecular weight excluding hydrogens is 198 g/mol. The summed E-state index contributed by atoms with van der Waals surface area (Å²) >= 11 is 0. The highest BCUT2D eigenvalue weighted by Crippen LogP contribution is 2.21. The summed E-state index contributed by atoms with van der Waals surface area (Å²) in [4.78, 5) is 7.60. The van der Waals surface area contributed by atoms with Crippen molar-refractivity contribution in [2.45, 2.75) is 37.8 Å². The number of hydrogen-bond donors (Lipinski definition) is 0. The summed E-state index contributed by atoms with van der Waals surface area (Å²) < 4.78 is 0. The molecule has 2 aliphatic heterocycles. The van der Waals surface area contributed by atoms with E-state index in [0.29, 0.717) is 0 Å². The van der Waals surface area contributed by atoms with E-state index < -0.39 is 0 Å². The lowest BCUT2D eigenvalue weighted by Gasteiger charge is -2.42. The van der Waals surface area contributed by atoms with Gasteiger partial charge in [-0.1, -0.05) is 0 Å². The van der Waals surface area contributed by atoms with E-state index in [1.165, 1.54) is 51.9 Å². The van der Waals surface area contributed by atoms with E-state index in [1.807, 2.05) is 0 Å². The Morgan fingerprint density at radius 1 is 0.750 bits per heavy atom. The first-order valence-corrected chi connectivity index (χ1v) is 6.76. The van der Waals surface area contributed by atoms with Crippen LogP contribution >= 0.6 is 0 Å². The molecule has 2 aliphatic rings. The standard InChI is InChI=1S/C13H27N3/c1-14-8-4-12(5-9-14)16(3)13-6-10-15(2)11-7-13/h12-13H,4-11H2,1-3H3. The lowest BCUT2D eigenvalue weighted by atomic mass is 9.98. The van der Waals surface area contributed by atoms with Crippen LogP contribution in [0.25, 0.3) is 0 Å². The maximum absolute atomic E-state index is 2.68. The minimum absolute atomic E-state index is 0.838. The normalized spacial score (nSPS) is 27.8. The zero-order chi connectivity index (χ0) is 11.5. The summed E-state index contributed by atoms with van der Waals surface area (Å²) in [6, 6.07) is 1.68. The van der Waals surface area contributed by atoms with Crippen molar-refractivity contribution in [2.75, 3.05) is 47.3 Å². The van der Waals surface area contributed by atoms with Crippen LogP contribution < -0.4 is 0 Å². The molecule has 0 saturated carbocycles. The summed E-state index contributed by atoms with van der Waals surface area (Å²) in [5, 5.41) is 0. The van der Waals surface area contributed by atoms with E-state index in [1.54, 1.807) is 0 Å². The fourth-order valence-electron chi connectivity index (χ4n) is 3.10. The minimum Gasteiger partial charge on any atom is -0.306 e. The SMILES string of the molecule is CN1CCC(N(C)C2CCN(C)CC2)CC1. The van der Waals surface area contributed by atoms with Crippen molar-refractivity contribution in [3.05, 3.63) is 0 Å². The van der Waals surface area contributed by atoms with Crippen LogP contribution in [-0.4, -0.2) is 74.1 Å². The van der Waals surface area contributed by atoms with Gasteiger partial charge in [0.15, 0.2) is 0 Å². The summed E-state index contributed by atoms with van der Waals surface area (Å²) in [6.07, 6.45) is 5.44. The summed E-state index contributed by atoms with van der Waals surface area (Å²) in [7, 11) is 6.84. The van der Waals surface area contributed by atoms with Gasteiger partial charge in [0.2, 0.25) is 0 Å². The van der Waals surface area contributed by atoms with Crippen molar-refractivity contribution in [2.24, 2.45) is 0 Å². The summed E-state index contributed by atoms with van der Waals surface area (Å²) in [5.74, 6) is 0. The van der Waals surface area contributed by atoms with Crippen LogP contribution in [-0.2, 0) is 0 Å². The van der Waals surface area contributed by atoms with Crippen LogP contribution in [0.15, 0.2) is 0 Å². The van der Waals surface area contributed by atoms with Gasteiger partial charge >= 0.3 is 0 Å². The highest BCUT2D eigenvalue weighted by atomic mass is 15.2. The largest absolute Gasteiger partial charge is 0.306 e. The van der Waals surface area contributed by atoms with Crippen molar-refractivity contribution >= 4 is 0 Å². The predicted molar refractivity (Wildman–Crippen MR) is 68.8 cm³/mol. The molecule has 3 heteroatoms. The van der Waals surface area contributed by atoms with Gasteiger partial charge in [-0.05, 0) is 73.0 Å². The topological polar surface area (TPSA) is 9.72 Å². The molecule has 0 atom stereocenters. The van der Waals surface area contributed by atoms with Crippen LogP contribution in [0.4, 0.5) is 0 Å². The molecule has 94 valence electrons. The quantitative estimate of drug-likeness (QED) is 0.697. The van der Waals surface area contributed by atoms with Crippen molar-refractivity contribution in [1.29, 1.82) is 0 Å². The van der Waals surface area contributed by atoms with Crippen molar-refractivity contribution < 1.29 is 0 Å². The van der Waals surface area contributed by atoms with Crippen molar-refractivity contribution in [3.63, 3.8) is 0 Å². The number of piperidine rings is 2. The van der Waals surface area contributed by atoms with Crippen LogP contribution in [0.1, 0.15) is 25.7 Å². The Labute approximate surface area is 100 Å². The minimum atomic E-state index is 0.838. The lowest BCUT2D eigenvalue weighted by Crippen LogP contribution is -2.49. The van der Waals surface area contributed by atoms with Gasteiger partial charge in [0.1, 0.15) is 0 Å². The second-order valence-corrected chi connectivity index (χ2v) is 5.73. The van der Waals surface area contributed by atoms with E-state index in [2.05, 4.69) is 35.8 Å². The molecule has 0 aromatic carbocycles. The molecule has 2 rings (SSSR count). The average Bonchev–Trinajstić information content (AvgIpc) is 2.30. The lowest BCUT2D eigenvalue weighted by molar-refractivity contribution is 0.0723. The molecule has 0 spiro atoms. The van der Waals surface area contributed by atoms with Crippen LogP contribution in [0, 0.1) is 0 Å².